The van der Waals surface area contributed by atoms with Crippen molar-refractivity contribution in [2.75, 3.05) is 18.8 Å². The highest BCUT2D eigenvalue weighted by Crippen LogP contribution is 2.39. The first-order valence-corrected chi connectivity index (χ1v) is 8.63. The first kappa shape index (κ1) is 14.7. The Labute approximate surface area is 119 Å². The molecule has 0 unspecified atom stereocenters. The van der Waals surface area contributed by atoms with Crippen molar-refractivity contribution in [2.45, 2.75) is 71.3 Å². The summed E-state index contributed by atoms with van der Waals surface area (Å²) in [7, 11) is 0. The molecule has 0 bridgehead atoms. The Morgan fingerprint density at radius 2 is 1.72 bits per heavy atom. The Hall–Kier alpha value is 0.310. The molecule has 0 spiro atoms. The van der Waals surface area contributed by atoms with Gasteiger partial charge in [0, 0.05) is 19.1 Å². The molecule has 106 valence electrons. The minimum absolute atomic E-state index is 0.525. The van der Waals surface area contributed by atoms with Crippen LogP contribution in [0, 0.1) is 11.3 Å². The van der Waals surface area contributed by atoms with Crippen molar-refractivity contribution in [2.24, 2.45) is 11.3 Å². The summed E-state index contributed by atoms with van der Waals surface area (Å²) in [5.74, 6) is 1.89. The van der Waals surface area contributed by atoms with Gasteiger partial charge in [0.05, 0.1) is 0 Å². The Morgan fingerprint density at radius 1 is 1.11 bits per heavy atom. The molecule has 0 atom stereocenters. The molecule has 0 saturated heterocycles. The predicted molar refractivity (Wildman–Crippen MR) is 83.4 cm³/mol. The van der Waals surface area contributed by atoms with Crippen LogP contribution in [0.3, 0.4) is 0 Å². The first-order chi connectivity index (χ1) is 8.65. The topological polar surface area (TPSA) is 3.24 Å². The van der Waals surface area contributed by atoms with E-state index in [-0.39, 0.29) is 0 Å². The third-order valence-corrected chi connectivity index (χ3v) is 5.37. The van der Waals surface area contributed by atoms with Crippen molar-refractivity contribution in [1.82, 2.24) is 4.90 Å². The van der Waals surface area contributed by atoms with E-state index in [1.54, 1.807) is 0 Å². The maximum absolute atomic E-state index is 4.72. The van der Waals surface area contributed by atoms with Crippen molar-refractivity contribution in [3.05, 3.63) is 0 Å². The van der Waals surface area contributed by atoms with Crippen LogP contribution in [0.1, 0.15) is 65.2 Å². The molecule has 18 heavy (non-hydrogen) atoms. The van der Waals surface area contributed by atoms with Crippen molar-refractivity contribution in [3.8, 4) is 0 Å². The molecule has 0 aromatic carbocycles. The van der Waals surface area contributed by atoms with E-state index in [1.807, 2.05) is 0 Å². The second-order valence-electron chi connectivity index (χ2n) is 7.13. The maximum Gasteiger partial charge on any atom is 0.00967 e. The van der Waals surface area contributed by atoms with Crippen LogP contribution in [0.15, 0.2) is 0 Å². The lowest BCUT2D eigenvalue weighted by Gasteiger charge is -2.38. The summed E-state index contributed by atoms with van der Waals surface area (Å²) in [5, 5.41) is 0. The van der Waals surface area contributed by atoms with Gasteiger partial charge >= 0.3 is 0 Å². The van der Waals surface area contributed by atoms with Gasteiger partial charge in [-0.1, -0.05) is 39.5 Å². The molecule has 0 aliphatic heterocycles. The molecular weight excluding hydrogens is 238 g/mol. The summed E-state index contributed by atoms with van der Waals surface area (Å²) in [6, 6.07) is 0.910. The van der Waals surface area contributed by atoms with Crippen LogP contribution in [-0.2, 0) is 0 Å². The Morgan fingerprint density at radius 3 is 2.17 bits per heavy atom. The second kappa shape index (κ2) is 6.65. The van der Waals surface area contributed by atoms with E-state index in [1.165, 1.54) is 64.5 Å². The van der Waals surface area contributed by atoms with E-state index in [4.69, 9.17) is 12.6 Å². The third-order valence-electron chi connectivity index (χ3n) is 4.70. The van der Waals surface area contributed by atoms with E-state index < -0.39 is 0 Å². The SMILES string of the molecule is CC(C)CN(CC1(CS)CCCCCC1)C1CC1. The monoisotopic (exact) mass is 269 g/mol. The lowest BCUT2D eigenvalue weighted by Crippen LogP contribution is -2.42. The molecule has 0 heterocycles. The summed E-state index contributed by atoms with van der Waals surface area (Å²) in [6.07, 6.45) is 11.5. The second-order valence-corrected chi connectivity index (χ2v) is 7.44. The molecule has 2 saturated carbocycles. The van der Waals surface area contributed by atoms with Crippen LogP contribution in [0.4, 0.5) is 0 Å². The Bertz CT molecular complexity index is 239. The van der Waals surface area contributed by atoms with Crippen molar-refractivity contribution < 1.29 is 0 Å². The molecule has 2 aliphatic rings. The average molecular weight is 269 g/mol. The minimum Gasteiger partial charge on any atom is -0.300 e. The van der Waals surface area contributed by atoms with E-state index >= 15 is 0 Å². The standard InChI is InChI=1S/C16H31NS/c1-14(2)11-17(15-7-8-15)12-16(13-18)9-5-3-4-6-10-16/h14-15,18H,3-13H2,1-2H3. The van der Waals surface area contributed by atoms with Gasteiger partial charge in [0.2, 0.25) is 0 Å². The zero-order valence-electron chi connectivity index (χ0n) is 12.3. The average Bonchev–Trinajstić information content (AvgIpc) is 3.15. The fourth-order valence-electron chi connectivity index (χ4n) is 3.53. The molecule has 0 N–H and O–H groups in total. The largest absolute Gasteiger partial charge is 0.300 e. The quantitative estimate of drug-likeness (QED) is 0.553. The highest BCUT2D eigenvalue weighted by molar-refractivity contribution is 7.80. The molecule has 2 aliphatic carbocycles. The summed E-state index contributed by atoms with van der Waals surface area (Å²) in [6.45, 7) is 7.32. The highest BCUT2D eigenvalue weighted by Gasteiger charge is 2.37. The Balaban J connectivity index is 1.96. The van der Waals surface area contributed by atoms with Gasteiger partial charge in [0.1, 0.15) is 0 Å². The number of thiol groups is 1. The molecule has 2 fully saturated rings. The summed E-state index contributed by atoms with van der Waals surface area (Å²) in [4.78, 5) is 2.80. The smallest absolute Gasteiger partial charge is 0.00967 e. The molecule has 0 amide bonds. The molecule has 0 aromatic rings. The minimum atomic E-state index is 0.525. The zero-order chi connectivity index (χ0) is 13.0. The van der Waals surface area contributed by atoms with E-state index in [0.717, 1.165) is 17.7 Å². The predicted octanol–water partition coefficient (Wildman–Crippen LogP) is 4.38. The van der Waals surface area contributed by atoms with Crippen molar-refractivity contribution >= 4 is 12.6 Å². The zero-order valence-corrected chi connectivity index (χ0v) is 13.2. The number of hydrogen-bond donors (Lipinski definition) is 1. The fraction of sp³-hybridized carbons (Fsp3) is 1.00. The molecule has 2 heteroatoms. The van der Waals surface area contributed by atoms with Crippen molar-refractivity contribution in [3.63, 3.8) is 0 Å². The van der Waals surface area contributed by atoms with Gasteiger partial charge in [-0.2, -0.15) is 12.6 Å². The van der Waals surface area contributed by atoms with Gasteiger partial charge in [-0.25, -0.2) is 0 Å². The van der Waals surface area contributed by atoms with Gasteiger partial charge in [0.25, 0.3) is 0 Å². The van der Waals surface area contributed by atoms with E-state index in [9.17, 15) is 0 Å². The molecule has 0 radical (unpaired) electrons. The number of nitrogens with zero attached hydrogens (tertiary/aromatic N) is 1. The highest BCUT2D eigenvalue weighted by atomic mass is 32.1. The lowest BCUT2D eigenvalue weighted by molar-refractivity contribution is 0.131. The van der Waals surface area contributed by atoms with Gasteiger partial charge in [-0.3, -0.25) is 4.90 Å². The number of rotatable bonds is 6. The van der Waals surface area contributed by atoms with Crippen LogP contribution >= 0.6 is 12.6 Å². The third kappa shape index (κ3) is 4.16. The summed E-state index contributed by atoms with van der Waals surface area (Å²) in [5.41, 5.74) is 0.525. The van der Waals surface area contributed by atoms with Gasteiger partial charge in [0.15, 0.2) is 0 Å². The van der Waals surface area contributed by atoms with Gasteiger partial charge in [-0.15, -0.1) is 0 Å². The molecular formula is C16H31NS. The summed E-state index contributed by atoms with van der Waals surface area (Å²) < 4.78 is 0. The first-order valence-electron chi connectivity index (χ1n) is 8.00. The van der Waals surface area contributed by atoms with Gasteiger partial charge in [-0.05, 0) is 42.8 Å². The maximum atomic E-state index is 4.72. The molecule has 0 aromatic heterocycles. The van der Waals surface area contributed by atoms with Gasteiger partial charge < -0.3 is 0 Å². The van der Waals surface area contributed by atoms with E-state index in [0.29, 0.717) is 5.41 Å². The van der Waals surface area contributed by atoms with Crippen LogP contribution in [0.25, 0.3) is 0 Å². The molecule has 1 nitrogen and oxygen atoms in total. The van der Waals surface area contributed by atoms with Crippen LogP contribution < -0.4 is 0 Å². The van der Waals surface area contributed by atoms with Crippen LogP contribution in [0.2, 0.25) is 0 Å². The van der Waals surface area contributed by atoms with E-state index in [2.05, 4.69) is 18.7 Å². The Kier molecular flexibility index (Phi) is 5.44. The van der Waals surface area contributed by atoms with Crippen LogP contribution in [-0.4, -0.2) is 29.8 Å². The summed E-state index contributed by atoms with van der Waals surface area (Å²) >= 11 is 4.72. The normalized spacial score (nSPS) is 24.5. The van der Waals surface area contributed by atoms with Crippen LogP contribution in [0.5, 0.6) is 0 Å². The number of hydrogen-bond acceptors (Lipinski definition) is 2. The molecule has 2 rings (SSSR count). The fourth-order valence-corrected chi connectivity index (χ4v) is 3.94. The lowest BCUT2D eigenvalue weighted by atomic mass is 9.81. The van der Waals surface area contributed by atoms with Crippen molar-refractivity contribution in [1.29, 1.82) is 0 Å².